The quantitative estimate of drug-likeness (QED) is 0.786. The van der Waals surface area contributed by atoms with Crippen LogP contribution in [0, 0.1) is 5.41 Å². The fourth-order valence-electron chi connectivity index (χ4n) is 1.49. The number of carbonyl (C=O) groups excluding carboxylic acids is 2. The summed E-state index contributed by atoms with van der Waals surface area (Å²) in [5, 5.41) is 2.25. The van der Waals surface area contributed by atoms with Crippen molar-refractivity contribution in [2.75, 3.05) is 7.11 Å². The Labute approximate surface area is 128 Å². The van der Waals surface area contributed by atoms with Crippen LogP contribution in [0.3, 0.4) is 0 Å². The van der Waals surface area contributed by atoms with E-state index >= 15 is 0 Å². The smallest absolute Gasteiger partial charge is 0.408 e. The zero-order chi connectivity index (χ0) is 17.8. The Hall–Kier alpha value is -1.47. The van der Waals surface area contributed by atoms with Crippen molar-refractivity contribution in [3.05, 3.63) is 0 Å². The van der Waals surface area contributed by atoms with E-state index in [1.54, 1.807) is 20.8 Å². The first-order valence-corrected chi connectivity index (χ1v) is 6.83. The van der Waals surface area contributed by atoms with E-state index in [0.29, 0.717) is 0 Å². The van der Waals surface area contributed by atoms with Crippen molar-refractivity contribution < 1.29 is 32.2 Å². The van der Waals surface area contributed by atoms with Crippen LogP contribution in [-0.2, 0) is 14.3 Å². The van der Waals surface area contributed by atoms with E-state index in [1.165, 1.54) is 0 Å². The number of methoxy groups -OCH3 is 1. The molecular weight excluding hydrogens is 303 g/mol. The van der Waals surface area contributed by atoms with E-state index in [4.69, 9.17) is 4.74 Å². The maximum absolute atomic E-state index is 12.8. The topological polar surface area (TPSA) is 64.6 Å². The Morgan fingerprint density at radius 2 is 1.59 bits per heavy atom. The SMILES string of the molecule is COC(=O)[C@H](CCC(C)(C)C(F)(F)F)NC(=O)OC(C)(C)C. The van der Waals surface area contributed by atoms with Gasteiger partial charge < -0.3 is 14.8 Å². The number of hydrogen-bond acceptors (Lipinski definition) is 4. The molecule has 0 aromatic rings. The Kier molecular flexibility index (Phi) is 6.71. The van der Waals surface area contributed by atoms with Crippen LogP contribution >= 0.6 is 0 Å². The minimum atomic E-state index is -4.40. The molecule has 0 spiro atoms. The van der Waals surface area contributed by atoms with Gasteiger partial charge in [-0.2, -0.15) is 13.2 Å². The van der Waals surface area contributed by atoms with E-state index in [2.05, 4.69) is 10.1 Å². The molecule has 22 heavy (non-hydrogen) atoms. The number of amides is 1. The molecular formula is C14H24F3NO4. The highest BCUT2D eigenvalue weighted by Crippen LogP contribution is 2.41. The van der Waals surface area contributed by atoms with Crippen LogP contribution in [0.1, 0.15) is 47.5 Å². The molecule has 0 saturated carbocycles. The molecule has 0 radical (unpaired) electrons. The van der Waals surface area contributed by atoms with Gasteiger partial charge in [-0.15, -0.1) is 0 Å². The van der Waals surface area contributed by atoms with E-state index in [1.807, 2.05) is 0 Å². The molecule has 130 valence electrons. The molecule has 1 N–H and O–H groups in total. The number of rotatable bonds is 5. The van der Waals surface area contributed by atoms with Crippen LogP contribution in [-0.4, -0.2) is 37.0 Å². The van der Waals surface area contributed by atoms with Gasteiger partial charge in [-0.1, -0.05) is 13.8 Å². The average Bonchev–Trinajstić information content (AvgIpc) is 2.29. The summed E-state index contributed by atoms with van der Waals surface area (Å²) in [6.07, 6.45) is -5.84. The van der Waals surface area contributed by atoms with Crippen LogP contribution in [0.5, 0.6) is 0 Å². The third kappa shape index (κ3) is 7.00. The molecule has 8 heteroatoms. The summed E-state index contributed by atoms with van der Waals surface area (Å²) in [4.78, 5) is 23.3. The number of esters is 1. The van der Waals surface area contributed by atoms with Gasteiger partial charge in [0, 0.05) is 0 Å². The number of halogens is 3. The molecule has 0 aliphatic carbocycles. The summed E-state index contributed by atoms with van der Waals surface area (Å²) in [6, 6.07) is -1.19. The second-order valence-electron chi connectivity index (χ2n) is 6.64. The lowest BCUT2D eigenvalue weighted by atomic mass is 9.85. The van der Waals surface area contributed by atoms with Gasteiger partial charge in [0.15, 0.2) is 0 Å². The molecule has 5 nitrogen and oxygen atoms in total. The number of ether oxygens (including phenoxy) is 2. The van der Waals surface area contributed by atoms with Crippen LogP contribution in [0.4, 0.5) is 18.0 Å². The van der Waals surface area contributed by atoms with Gasteiger partial charge in [-0.3, -0.25) is 0 Å². The van der Waals surface area contributed by atoms with Crippen molar-refractivity contribution in [2.45, 2.75) is 65.3 Å². The highest BCUT2D eigenvalue weighted by Gasteiger charge is 2.47. The molecule has 1 atom stereocenters. The minimum Gasteiger partial charge on any atom is -0.467 e. The van der Waals surface area contributed by atoms with E-state index in [-0.39, 0.29) is 12.8 Å². The standard InChI is InChI=1S/C14H24F3NO4/c1-12(2,3)22-11(20)18-9(10(19)21-6)7-8-13(4,5)14(15,16)17/h9H,7-8H2,1-6H3,(H,18,20)/t9-/m0/s1. The van der Waals surface area contributed by atoms with Crippen LogP contribution < -0.4 is 5.32 Å². The van der Waals surface area contributed by atoms with Gasteiger partial charge in [-0.05, 0) is 33.6 Å². The van der Waals surface area contributed by atoms with Gasteiger partial charge >= 0.3 is 18.2 Å². The van der Waals surface area contributed by atoms with Crippen LogP contribution in [0.2, 0.25) is 0 Å². The number of hydrogen-bond donors (Lipinski definition) is 1. The summed E-state index contributed by atoms with van der Waals surface area (Å²) < 4.78 is 48.0. The van der Waals surface area contributed by atoms with Gasteiger partial charge in [0.25, 0.3) is 0 Å². The Bertz CT molecular complexity index is 400. The average molecular weight is 327 g/mol. The molecule has 1 amide bonds. The summed E-state index contributed by atoms with van der Waals surface area (Å²) in [5.41, 5.74) is -2.76. The van der Waals surface area contributed by atoms with Crippen molar-refractivity contribution in [3.8, 4) is 0 Å². The lowest BCUT2D eigenvalue weighted by Crippen LogP contribution is -2.45. The van der Waals surface area contributed by atoms with Crippen molar-refractivity contribution in [2.24, 2.45) is 5.41 Å². The monoisotopic (exact) mass is 327 g/mol. The highest BCUT2D eigenvalue weighted by molar-refractivity contribution is 5.81. The third-order valence-electron chi connectivity index (χ3n) is 3.00. The first-order chi connectivity index (χ1) is 9.69. The van der Waals surface area contributed by atoms with Crippen molar-refractivity contribution >= 4 is 12.1 Å². The molecule has 0 heterocycles. The summed E-state index contributed by atoms with van der Waals surface area (Å²) in [6.45, 7) is 6.97. The molecule has 0 unspecified atom stereocenters. The first-order valence-electron chi connectivity index (χ1n) is 6.83. The normalized spacial score (nSPS) is 14.2. The van der Waals surface area contributed by atoms with Gasteiger partial charge in [0.1, 0.15) is 11.6 Å². The lowest BCUT2D eigenvalue weighted by Gasteiger charge is -2.29. The van der Waals surface area contributed by atoms with E-state index in [0.717, 1.165) is 21.0 Å². The Balaban J connectivity index is 4.82. The third-order valence-corrected chi connectivity index (χ3v) is 3.00. The molecule has 0 fully saturated rings. The van der Waals surface area contributed by atoms with Gasteiger partial charge in [0.05, 0.1) is 12.5 Å². The molecule has 0 aromatic carbocycles. The fourth-order valence-corrected chi connectivity index (χ4v) is 1.49. The summed E-state index contributed by atoms with van der Waals surface area (Å²) in [7, 11) is 1.10. The van der Waals surface area contributed by atoms with Crippen molar-refractivity contribution in [1.29, 1.82) is 0 Å². The predicted molar refractivity (Wildman–Crippen MR) is 74.2 cm³/mol. The molecule has 0 saturated heterocycles. The lowest BCUT2D eigenvalue weighted by molar-refractivity contribution is -0.214. The largest absolute Gasteiger partial charge is 0.467 e. The van der Waals surface area contributed by atoms with Crippen LogP contribution in [0.15, 0.2) is 0 Å². The zero-order valence-electron chi connectivity index (χ0n) is 13.8. The van der Waals surface area contributed by atoms with Gasteiger partial charge in [0.2, 0.25) is 0 Å². The zero-order valence-corrected chi connectivity index (χ0v) is 13.8. The maximum atomic E-state index is 12.8. The Morgan fingerprint density at radius 1 is 1.09 bits per heavy atom. The van der Waals surface area contributed by atoms with Crippen LogP contribution in [0.25, 0.3) is 0 Å². The number of nitrogens with one attached hydrogen (secondary N) is 1. The highest BCUT2D eigenvalue weighted by atomic mass is 19.4. The molecule has 0 aliphatic heterocycles. The maximum Gasteiger partial charge on any atom is 0.408 e. The molecule has 0 aliphatic rings. The van der Waals surface area contributed by atoms with E-state index in [9.17, 15) is 22.8 Å². The second kappa shape index (κ2) is 7.19. The molecule has 0 bridgehead atoms. The van der Waals surface area contributed by atoms with Crippen molar-refractivity contribution in [1.82, 2.24) is 5.32 Å². The van der Waals surface area contributed by atoms with E-state index < -0.39 is 35.3 Å². The van der Waals surface area contributed by atoms with Crippen molar-refractivity contribution in [3.63, 3.8) is 0 Å². The number of alkyl carbamates (subject to hydrolysis) is 1. The number of carbonyl (C=O) groups is 2. The fraction of sp³-hybridized carbons (Fsp3) is 0.857. The summed E-state index contributed by atoms with van der Waals surface area (Å²) >= 11 is 0. The minimum absolute atomic E-state index is 0.210. The first kappa shape index (κ1) is 20.5. The van der Waals surface area contributed by atoms with Gasteiger partial charge in [-0.25, -0.2) is 9.59 Å². The Morgan fingerprint density at radius 3 is 1.95 bits per heavy atom. The molecule has 0 rings (SSSR count). The number of alkyl halides is 3. The second-order valence-corrected chi connectivity index (χ2v) is 6.64. The predicted octanol–water partition coefficient (Wildman–Crippen LogP) is 3.42. The summed E-state index contributed by atoms with van der Waals surface area (Å²) in [5.74, 6) is -0.816. The molecule has 0 aromatic heterocycles.